The normalized spacial score (nSPS) is 17.6. The average molecular weight is 250 g/mol. The number of rotatable bonds is 5. The quantitative estimate of drug-likeness (QED) is 0.741. The highest BCUT2D eigenvalue weighted by Crippen LogP contribution is 2.37. The second kappa shape index (κ2) is 5.35. The van der Waals surface area contributed by atoms with Crippen LogP contribution in [0, 0.1) is 5.41 Å². The first-order valence-corrected chi connectivity index (χ1v) is 6.20. The minimum absolute atomic E-state index is 0.0311. The molecule has 2 rings (SSSR count). The van der Waals surface area contributed by atoms with E-state index in [2.05, 4.69) is 10.3 Å². The van der Waals surface area contributed by atoms with Crippen molar-refractivity contribution in [2.75, 3.05) is 18.5 Å². The molecule has 0 amide bonds. The van der Waals surface area contributed by atoms with Crippen molar-refractivity contribution in [2.45, 2.75) is 25.7 Å². The van der Waals surface area contributed by atoms with Crippen molar-refractivity contribution in [3.05, 3.63) is 24.0 Å². The summed E-state index contributed by atoms with van der Waals surface area (Å²) in [6, 6.07) is 3.41. The van der Waals surface area contributed by atoms with Crippen LogP contribution in [0.5, 0.6) is 0 Å². The number of carboxylic acid groups (broad SMARTS) is 1. The summed E-state index contributed by atoms with van der Waals surface area (Å²) in [6.45, 7) is 0.734. The van der Waals surface area contributed by atoms with Gasteiger partial charge in [0.1, 0.15) is 0 Å². The highest BCUT2D eigenvalue weighted by Gasteiger charge is 2.33. The molecule has 18 heavy (non-hydrogen) atoms. The van der Waals surface area contributed by atoms with E-state index in [1.165, 1.54) is 6.20 Å². The van der Waals surface area contributed by atoms with Gasteiger partial charge in [0.15, 0.2) is 5.69 Å². The van der Waals surface area contributed by atoms with Crippen molar-refractivity contribution in [1.29, 1.82) is 0 Å². The van der Waals surface area contributed by atoms with E-state index in [1.807, 2.05) is 0 Å². The van der Waals surface area contributed by atoms with Gasteiger partial charge in [-0.3, -0.25) is 0 Å². The van der Waals surface area contributed by atoms with Crippen LogP contribution >= 0.6 is 0 Å². The Morgan fingerprint density at radius 2 is 2.17 bits per heavy atom. The molecule has 0 spiro atoms. The zero-order valence-corrected chi connectivity index (χ0v) is 10.2. The van der Waals surface area contributed by atoms with E-state index in [1.54, 1.807) is 12.1 Å². The monoisotopic (exact) mass is 250 g/mol. The fraction of sp³-hybridized carbons (Fsp3) is 0.538. The predicted molar refractivity (Wildman–Crippen MR) is 67.7 cm³/mol. The molecule has 0 aliphatic heterocycles. The maximum absolute atomic E-state index is 11.0. The van der Waals surface area contributed by atoms with E-state index in [-0.39, 0.29) is 17.7 Å². The van der Waals surface area contributed by atoms with Gasteiger partial charge in [-0.25, -0.2) is 9.78 Å². The number of hydrogen-bond donors (Lipinski definition) is 3. The highest BCUT2D eigenvalue weighted by molar-refractivity contribution is 5.91. The molecular weight excluding hydrogens is 232 g/mol. The lowest BCUT2D eigenvalue weighted by Gasteiger charge is -2.27. The van der Waals surface area contributed by atoms with E-state index < -0.39 is 5.97 Å². The number of aromatic carboxylic acids is 1. The van der Waals surface area contributed by atoms with Crippen molar-refractivity contribution in [2.24, 2.45) is 5.41 Å². The smallest absolute Gasteiger partial charge is 0.356 e. The van der Waals surface area contributed by atoms with Crippen LogP contribution in [0.2, 0.25) is 0 Å². The van der Waals surface area contributed by atoms with Crippen molar-refractivity contribution < 1.29 is 15.0 Å². The molecule has 1 saturated carbocycles. The minimum Gasteiger partial charge on any atom is -0.476 e. The number of carboxylic acids is 1. The Kier molecular flexibility index (Phi) is 3.81. The standard InChI is InChI=1S/C13H18N2O3/c16-9-13(5-1-2-6-13)8-15-10-4-3-7-14-11(10)12(17)18/h3-4,7,15-16H,1-2,5-6,8-9H2,(H,17,18). The van der Waals surface area contributed by atoms with Crippen LogP contribution in [0.15, 0.2) is 18.3 Å². The summed E-state index contributed by atoms with van der Waals surface area (Å²) in [5, 5.41) is 21.7. The Bertz CT molecular complexity index is 428. The Morgan fingerprint density at radius 3 is 2.78 bits per heavy atom. The third-order valence-corrected chi connectivity index (χ3v) is 3.66. The molecule has 1 aromatic heterocycles. The molecule has 0 saturated heterocycles. The highest BCUT2D eigenvalue weighted by atomic mass is 16.4. The summed E-state index contributed by atoms with van der Waals surface area (Å²) in [7, 11) is 0. The first-order valence-electron chi connectivity index (χ1n) is 6.20. The number of aliphatic hydroxyl groups excluding tert-OH is 1. The number of hydrogen-bond acceptors (Lipinski definition) is 4. The van der Waals surface area contributed by atoms with E-state index >= 15 is 0 Å². The molecule has 1 fully saturated rings. The Balaban J connectivity index is 2.08. The zero-order chi connectivity index (χ0) is 13.0. The summed E-state index contributed by atoms with van der Waals surface area (Å²) >= 11 is 0. The summed E-state index contributed by atoms with van der Waals surface area (Å²) in [5.74, 6) is -1.04. The molecule has 1 aromatic rings. The maximum atomic E-state index is 11.0. The zero-order valence-electron chi connectivity index (χ0n) is 10.2. The Morgan fingerprint density at radius 1 is 1.44 bits per heavy atom. The van der Waals surface area contributed by atoms with Gasteiger partial charge in [0.25, 0.3) is 0 Å². The van der Waals surface area contributed by atoms with Gasteiger partial charge in [-0.15, -0.1) is 0 Å². The molecule has 0 unspecified atom stereocenters. The molecule has 1 heterocycles. The summed E-state index contributed by atoms with van der Waals surface area (Å²) < 4.78 is 0. The number of aliphatic hydroxyl groups is 1. The summed E-state index contributed by atoms with van der Waals surface area (Å²) in [6.07, 6.45) is 5.69. The van der Waals surface area contributed by atoms with Crippen molar-refractivity contribution >= 4 is 11.7 Å². The molecule has 0 atom stereocenters. The maximum Gasteiger partial charge on any atom is 0.356 e. The molecule has 3 N–H and O–H groups in total. The van der Waals surface area contributed by atoms with Crippen molar-refractivity contribution in [1.82, 2.24) is 4.98 Å². The van der Waals surface area contributed by atoms with E-state index in [4.69, 9.17) is 5.11 Å². The number of nitrogens with one attached hydrogen (secondary N) is 1. The molecule has 1 aliphatic rings. The van der Waals surface area contributed by atoms with Crippen molar-refractivity contribution in [3.8, 4) is 0 Å². The van der Waals surface area contributed by atoms with E-state index in [0.717, 1.165) is 25.7 Å². The summed E-state index contributed by atoms with van der Waals surface area (Å²) in [4.78, 5) is 14.9. The average Bonchev–Trinajstić information content (AvgIpc) is 2.86. The van der Waals surface area contributed by atoms with Gasteiger partial charge in [-0.1, -0.05) is 12.8 Å². The van der Waals surface area contributed by atoms with Crippen LogP contribution in [0.3, 0.4) is 0 Å². The SMILES string of the molecule is O=C(O)c1ncccc1NCC1(CO)CCCC1. The van der Waals surface area contributed by atoms with Crippen LogP contribution in [0.1, 0.15) is 36.2 Å². The number of aromatic nitrogens is 1. The Labute approximate surface area is 106 Å². The van der Waals surface area contributed by atoms with Crippen LogP contribution in [0.25, 0.3) is 0 Å². The van der Waals surface area contributed by atoms with Crippen molar-refractivity contribution in [3.63, 3.8) is 0 Å². The molecular formula is C13H18N2O3. The van der Waals surface area contributed by atoms with Gasteiger partial charge in [0.05, 0.1) is 12.3 Å². The number of carbonyl (C=O) groups is 1. The molecule has 0 bridgehead atoms. The third kappa shape index (κ3) is 2.61. The fourth-order valence-electron chi connectivity index (χ4n) is 2.52. The predicted octanol–water partition coefficient (Wildman–Crippen LogP) is 1.74. The van der Waals surface area contributed by atoms with E-state index in [9.17, 15) is 9.90 Å². The third-order valence-electron chi connectivity index (χ3n) is 3.66. The second-order valence-corrected chi connectivity index (χ2v) is 4.92. The first-order chi connectivity index (χ1) is 8.67. The minimum atomic E-state index is -1.04. The van der Waals surface area contributed by atoms with Crippen LogP contribution in [-0.2, 0) is 0 Å². The van der Waals surface area contributed by atoms with Gasteiger partial charge in [0.2, 0.25) is 0 Å². The second-order valence-electron chi connectivity index (χ2n) is 4.92. The number of pyridine rings is 1. The van der Waals surface area contributed by atoms with E-state index in [0.29, 0.717) is 12.2 Å². The van der Waals surface area contributed by atoms with Crippen LogP contribution in [-0.4, -0.2) is 34.3 Å². The molecule has 0 radical (unpaired) electrons. The topological polar surface area (TPSA) is 82.5 Å². The largest absolute Gasteiger partial charge is 0.476 e. The lowest BCUT2D eigenvalue weighted by molar-refractivity contribution is 0.0691. The molecule has 0 aromatic carbocycles. The first kappa shape index (κ1) is 12.8. The molecule has 1 aliphatic carbocycles. The Hall–Kier alpha value is -1.62. The number of anilines is 1. The van der Waals surface area contributed by atoms with Crippen LogP contribution in [0.4, 0.5) is 5.69 Å². The van der Waals surface area contributed by atoms with Crippen LogP contribution < -0.4 is 5.32 Å². The summed E-state index contributed by atoms with van der Waals surface area (Å²) in [5.41, 5.74) is 0.444. The lowest BCUT2D eigenvalue weighted by Crippen LogP contribution is -2.31. The molecule has 98 valence electrons. The fourth-order valence-corrected chi connectivity index (χ4v) is 2.52. The van der Waals surface area contributed by atoms with Gasteiger partial charge in [0, 0.05) is 18.2 Å². The molecule has 5 nitrogen and oxygen atoms in total. The molecule has 5 heteroatoms. The van der Waals surface area contributed by atoms with Gasteiger partial charge < -0.3 is 15.5 Å². The van der Waals surface area contributed by atoms with Gasteiger partial charge in [-0.05, 0) is 25.0 Å². The number of nitrogens with zero attached hydrogens (tertiary/aromatic N) is 1. The van der Waals surface area contributed by atoms with Gasteiger partial charge >= 0.3 is 5.97 Å². The van der Waals surface area contributed by atoms with Gasteiger partial charge in [-0.2, -0.15) is 0 Å². The lowest BCUT2D eigenvalue weighted by atomic mass is 9.87.